The van der Waals surface area contributed by atoms with Crippen molar-refractivity contribution in [1.82, 2.24) is 10.2 Å². The number of nitrogens with one attached hydrogen (secondary N) is 1. The predicted molar refractivity (Wildman–Crippen MR) is 79.7 cm³/mol. The van der Waals surface area contributed by atoms with E-state index in [0.29, 0.717) is 25.4 Å². The molecule has 2 saturated heterocycles. The monoisotopic (exact) mass is 326 g/mol. The molecule has 1 aliphatic carbocycles. The number of alkyl halides is 3. The molecule has 6 heteroatoms. The molecule has 0 aromatic heterocycles. The molecule has 0 aromatic rings. The van der Waals surface area contributed by atoms with Crippen molar-refractivity contribution in [3.05, 3.63) is 0 Å². The van der Waals surface area contributed by atoms with Crippen molar-refractivity contribution in [1.29, 1.82) is 0 Å². The molecule has 3 aliphatic rings. The number of nitrogens with zero attached hydrogens (tertiary/aromatic N) is 1. The summed E-state index contributed by atoms with van der Waals surface area (Å²) in [6.45, 7) is 4.45. The molecule has 0 amide bonds. The average molecular weight is 327 g/mol. The number of hydrogen-bond acceptors (Lipinski definition) is 2. The lowest BCUT2D eigenvalue weighted by molar-refractivity contribution is -0.238. The Morgan fingerprint density at radius 1 is 1.10 bits per heavy atom. The van der Waals surface area contributed by atoms with E-state index >= 15 is 0 Å². The second kappa shape index (κ2) is 6.63. The van der Waals surface area contributed by atoms with Crippen LogP contribution in [0.3, 0.4) is 0 Å². The topological polar surface area (TPSA) is 15.3 Å². The van der Waals surface area contributed by atoms with E-state index in [9.17, 15) is 13.2 Å². The fourth-order valence-electron chi connectivity index (χ4n) is 4.49. The van der Waals surface area contributed by atoms with Crippen molar-refractivity contribution < 1.29 is 13.2 Å². The quantitative estimate of drug-likeness (QED) is 0.836. The molecule has 1 N–H and O–H groups in total. The second-order valence-corrected chi connectivity index (χ2v) is 7.03. The summed E-state index contributed by atoms with van der Waals surface area (Å²) in [4.78, 5) is 2.33. The molecule has 2 aliphatic heterocycles. The highest BCUT2D eigenvalue weighted by atomic mass is 35.5. The van der Waals surface area contributed by atoms with Gasteiger partial charge >= 0.3 is 6.18 Å². The van der Waals surface area contributed by atoms with Crippen LogP contribution < -0.4 is 5.32 Å². The molecule has 1 saturated carbocycles. The van der Waals surface area contributed by atoms with E-state index < -0.39 is 17.5 Å². The summed E-state index contributed by atoms with van der Waals surface area (Å²) < 4.78 is 39.6. The smallest absolute Gasteiger partial charge is 0.317 e. The Morgan fingerprint density at radius 3 is 2.29 bits per heavy atom. The molecule has 21 heavy (non-hydrogen) atoms. The van der Waals surface area contributed by atoms with Gasteiger partial charge in [0, 0.05) is 13.1 Å². The number of rotatable bonds is 2. The average Bonchev–Trinajstić information content (AvgIpc) is 2.36. The predicted octanol–water partition coefficient (Wildman–Crippen LogP) is 3.46. The van der Waals surface area contributed by atoms with Crippen molar-refractivity contribution >= 4 is 12.4 Å². The standard InChI is InChI=1S/C15H25F3N2.ClH/c16-15(17,18)13-4-9-20(11-14(13)5-1-6-14)10-12-2-7-19-8-3-12;/h12-13,19H,1-11H2;1H. The van der Waals surface area contributed by atoms with Crippen LogP contribution >= 0.6 is 12.4 Å². The minimum absolute atomic E-state index is 0. The van der Waals surface area contributed by atoms with Crippen LogP contribution in [0.2, 0.25) is 0 Å². The van der Waals surface area contributed by atoms with E-state index in [-0.39, 0.29) is 12.4 Å². The van der Waals surface area contributed by atoms with E-state index in [2.05, 4.69) is 10.2 Å². The minimum atomic E-state index is -4.00. The molecule has 1 unspecified atom stereocenters. The fourth-order valence-corrected chi connectivity index (χ4v) is 4.49. The van der Waals surface area contributed by atoms with Crippen molar-refractivity contribution in [3.63, 3.8) is 0 Å². The van der Waals surface area contributed by atoms with Crippen LogP contribution in [-0.2, 0) is 0 Å². The third kappa shape index (κ3) is 3.67. The van der Waals surface area contributed by atoms with Gasteiger partial charge in [-0.15, -0.1) is 12.4 Å². The Hall–Kier alpha value is -0.0000000000000000416. The van der Waals surface area contributed by atoms with Gasteiger partial charge in [0.1, 0.15) is 0 Å². The Bertz CT molecular complexity index is 338. The minimum Gasteiger partial charge on any atom is -0.317 e. The van der Waals surface area contributed by atoms with Gasteiger partial charge < -0.3 is 10.2 Å². The Kier molecular flexibility index (Phi) is 5.48. The maximum atomic E-state index is 13.2. The fraction of sp³-hybridized carbons (Fsp3) is 1.00. The first kappa shape index (κ1) is 17.4. The number of piperidine rings is 2. The summed E-state index contributed by atoms with van der Waals surface area (Å²) in [5, 5.41) is 3.35. The summed E-state index contributed by atoms with van der Waals surface area (Å²) in [5.41, 5.74) is -0.441. The van der Waals surface area contributed by atoms with Crippen molar-refractivity contribution in [2.75, 3.05) is 32.7 Å². The maximum absolute atomic E-state index is 13.2. The Labute approximate surface area is 131 Å². The third-order valence-electron chi connectivity index (χ3n) is 5.73. The van der Waals surface area contributed by atoms with Crippen LogP contribution in [0.25, 0.3) is 0 Å². The van der Waals surface area contributed by atoms with Crippen LogP contribution in [-0.4, -0.2) is 43.8 Å². The van der Waals surface area contributed by atoms with Crippen molar-refractivity contribution in [2.45, 2.75) is 44.7 Å². The number of likely N-dealkylation sites (tertiary alicyclic amines) is 1. The third-order valence-corrected chi connectivity index (χ3v) is 5.73. The van der Waals surface area contributed by atoms with Crippen LogP contribution in [0.1, 0.15) is 38.5 Å². The van der Waals surface area contributed by atoms with Gasteiger partial charge in [-0.05, 0) is 63.1 Å². The van der Waals surface area contributed by atoms with Gasteiger partial charge in [-0.25, -0.2) is 0 Å². The molecule has 0 radical (unpaired) electrons. The zero-order valence-corrected chi connectivity index (χ0v) is 13.2. The highest BCUT2D eigenvalue weighted by Gasteiger charge is 2.57. The summed E-state index contributed by atoms with van der Waals surface area (Å²) in [6.07, 6.45) is 1.20. The molecule has 3 rings (SSSR count). The van der Waals surface area contributed by atoms with Crippen molar-refractivity contribution in [2.24, 2.45) is 17.3 Å². The summed E-state index contributed by atoms with van der Waals surface area (Å²) in [6, 6.07) is 0. The molecule has 2 nitrogen and oxygen atoms in total. The molecule has 2 heterocycles. The van der Waals surface area contributed by atoms with Crippen molar-refractivity contribution in [3.8, 4) is 0 Å². The first-order valence-corrected chi connectivity index (χ1v) is 7.99. The zero-order valence-electron chi connectivity index (χ0n) is 12.4. The van der Waals surface area contributed by atoms with E-state index in [4.69, 9.17) is 0 Å². The van der Waals surface area contributed by atoms with Gasteiger partial charge in [0.25, 0.3) is 0 Å². The number of hydrogen-bond donors (Lipinski definition) is 1. The molecule has 1 spiro atoms. The largest absolute Gasteiger partial charge is 0.392 e. The van der Waals surface area contributed by atoms with Crippen LogP contribution in [0, 0.1) is 17.3 Å². The van der Waals surface area contributed by atoms with Gasteiger partial charge in [0.2, 0.25) is 0 Å². The van der Waals surface area contributed by atoms with Crippen LogP contribution in [0.5, 0.6) is 0 Å². The maximum Gasteiger partial charge on any atom is 0.392 e. The van der Waals surface area contributed by atoms with Gasteiger partial charge in [-0.2, -0.15) is 13.2 Å². The lowest BCUT2D eigenvalue weighted by Gasteiger charge is -2.54. The first-order chi connectivity index (χ1) is 9.50. The lowest BCUT2D eigenvalue weighted by atomic mass is 9.58. The molecule has 3 fully saturated rings. The SMILES string of the molecule is Cl.FC(F)(F)C1CCN(CC2CCNCC2)CC12CCC2. The lowest BCUT2D eigenvalue weighted by Crippen LogP contribution is -2.57. The van der Waals surface area contributed by atoms with Crippen LogP contribution in [0.4, 0.5) is 13.2 Å². The summed E-state index contributed by atoms with van der Waals surface area (Å²) in [7, 11) is 0. The van der Waals surface area contributed by atoms with Crippen LogP contribution in [0.15, 0.2) is 0 Å². The van der Waals surface area contributed by atoms with E-state index in [1.54, 1.807) is 0 Å². The molecular formula is C15H26ClF3N2. The first-order valence-electron chi connectivity index (χ1n) is 7.99. The summed E-state index contributed by atoms with van der Waals surface area (Å²) in [5.74, 6) is -0.371. The van der Waals surface area contributed by atoms with E-state index in [1.165, 1.54) is 12.8 Å². The highest BCUT2D eigenvalue weighted by molar-refractivity contribution is 5.85. The Balaban J connectivity index is 0.00000161. The molecule has 0 bridgehead atoms. The van der Waals surface area contributed by atoms with E-state index in [0.717, 1.165) is 38.9 Å². The number of halogens is 4. The Morgan fingerprint density at radius 2 is 1.76 bits per heavy atom. The summed E-state index contributed by atoms with van der Waals surface area (Å²) >= 11 is 0. The van der Waals surface area contributed by atoms with Gasteiger partial charge in [-0.1, -0.05) is 6.42 Å². The molecule has 1 atom stereocenters. The molecular weight excluding hydrogens is 301 g/mol. The van der Waals surface area contributed by atoms with E-state index in [1.807, 2.05) is 0 Å². The normalized spacial score (nSPS) is 30.7. The highest BCUT2D eigenvalue weighted by Crippen LogP contribution is 2.56. The zero-order chi connectivity index (χ0) is 14.2. The van der Waals surface area contributed by atoms with Gasteiger partial charge in [0.05, 0.1) is 5.92 Å². The second-order valence-electron chi connectivity index (χ2n) is 7.03. The van der Waals surface area contributed by atoms with Gasteiger partial charge in [-0.3, -0.25) is 0 Å². The molecule has 0 aromatic carbocycles. The molecule has 124 valence electrons. The van der Waals surface area contributed by atoms with Gasteiger partial charge in [0.15, 0.2) is 0 Å².